The molecule has 2 rings (SSSR count). The van der Waals surface area contributed by atoms with Crippen LogP contribution in [0.25, 0.3) is 0 Å². The summed E-state index contributed by atoms with van der Waals surface area (Å²) in [7, 11) is 0. The molecule has 1 fully saturated rings. The van der Waals surface area contributed by atoms with Crippen molar-refractivity contribution in [2.75, 3.05) is 6.61 Å². The Balaban J connectivity index is 2.42. The Morgan fingerprint density at radius 3 is 2.69 bits per heavy atom. The van der Waals surface area contributed by atoms with Crippen LogP contribution in [0.1, 0.15) is 40.0 Å². The van der Waals surface area contributed by atoms with Gasteiger partial charge in [-0.15, -0.1) is 0 Å². The topological polar surface area (TPSA) is 49.7 Å². The first-order valence-corrected chi connectivity index (χ1v) is 6.09. The molecular weight excluding hydrogens is 204 g/mol. The van der Waals surface area contributed by atoms with Crippen molar-refractivity contribution < 1.29 is 14.9 Å². The van der Waals surface area contributed by atoms with Gasteiger partial charge < -0.3 is 14.9 Å². The summed E-state index contributed by atoms with van der Waals surface area (Å²) < 4.78 is 6.12. The van der Waals surface area contributed by atoms with E-state index in [1.54, 1.807) is 6.08 Å². The maximum absolute atomic E-state index is 9.81. The Labute approximate surface area is 97.1 Å². The normalized spacial score (nSPS) is 42.4. The molecule has 0 bridgehead atoms. The fraction of sp³-hybridized carbons (Fsp3) is 0.846. The van der Waals surface area contributed by atoms with Crippen molar-refractivity contribution in [2.45, 2.75) is 57.8 Å². The minimum atomic E-state index is -0.456. The fourth-order valence-electron chi connectivity index (χ4n) is 3.33. The van der Waals surface area contributed by atoms with E-state index < -0.39 is 6.10 Å². The quantitative estimate of drug-likeness (QED) is 0.668. The zero-order valence-corrected chi connectivity index (χ0v) is 10.4. The number of aliphatic hydroxyl groups excluding tert-OH is 2. The molecule has 0 aromatic heterocycles. The van der Waals surface area contributed by atoms with Crippen molar-refractivity contribution in [1.29, 1.82) is 0 Å². The lowest BCUT2D eigenvalue weighted by Crippen LogP contribution is -2.51. The lowest BCUT2D eigenvalue weighted by Gasteiger charge is -2.49. The molecule has 92 valence electrons. The van der Waals surface area contributed by atoms with Gasteiger partial charge in [0.25, 0.3) is 0 Å². The SMILES string of the molecule is C[C@H]1CC[C@]2(O1)C(CO)=C[C@@H](O)CC2(C)C. The molecule has 2 N–H and O–H groups in total. The Morgan fingerprint density at radius 1 is 1.50 bits per heavy atom. The molecule has 1 aliphatic carbocycles. The number of rotatable bonds is 1. The van der Waals surface area contributed by atoms with Gasteiger partial charge >= 0.3 is 0 Å². The van der Waals surface area contributed by atoms with E-state index in [0.717, 1.165) is 18.4 Å². The van der Waals surface area contributed by atoms with Crippen LogP contribution in [0, 0.1) is 5.41 Å². The average molecular weight is 226 g/mol. The van der Waals surface area contributed by atoms with Gasteiger partial charge in [-0.1, -0.05) is 19.9 Å². The van der Waals surface area contributed by atoms with Gasteiger partial charge in [-0.05, 0) is 31.8 Å². The van der Waals surface area contributed by atoms with Gasteiger partial charge in [0.05, 0.1) is 24.4 Å². The van der Waals surface area contributed by atoms with Crippen LogP contribution in [-0.4, -0.2) is 34.6 Å². The van der Waals surface area contributed by atoms with E-state index in [0.29, 0.717) is 6.42 Å². The Bertz CT molecular complexity index is 308. The molecule has 2 aliphatic rings. The van der Waals surface area contributed by atoms with Crippen LogP contribution in [0.15, 0.2) is 11.6 Å². The van der Waals surface area contributed by atoms with Crippen LogP contribution in [-0.2, 0) is 4.74 Å². The largest absolute Gasteiger partial charge is 0.392 e. The summed E-state index contributed by atoms with van der Waals surface area (Å²) in [4.78, 5) is 0. The third-order valence-corrected chi connectivity index (χ3v) is 4.20. The molecule has 3 heteroatoms. The first-order chi connectivity index (χ1) is 7.41. The molecule has 0 aromatic carbocycles. The van der Waals surface area contributed by atoms with Crippen LogP contribution in [0.4, 0.5) is 0 Å². The standard InChI is InChI=1S/C13H22O3/c1-9-4-5-13(16-9)10(8-14)6-11(15)7-12(13,2)3/h6,9,11,14-15H,4-5,7-8H2,1-3H3/t9-,11+,13-/m0/s1. The fourth-order valence-corrected chi connectivity index (χ4v) is 3.33. The van der Waals surface area contributed by atoms with Gasteiger partial charge in [0.2, 0.25) is 0 Å². The summed E-state index contributed by atoms with van der Waals surface area (Å²) in [6, 6.07) is 0. The van der Waals surface area contributed by atoms with Crippen LogP contribution in [0.3, 0.4) is 0 Å². The van der Waals surface area contributed by atoms with Crippen LogP contribution in [0.2, 0.25) is 0 Å². The number of hydrogen-bond donors (Lipinski definition) is 2. The molecule has 0 unspecified atom stereocenters. The van der Waals surface area contributed by atoms with Gasteiger partial charge in [-0.3, -0.25) is 0 Å². The highest BCUT2D eigenvalue weighted by Crippen LogP contribution is 2.53. The Hall–Kier alpha value is -0.380. The number of ether oxygens (including phenoxy) is 1. The smallest absolute Gasteiger partial charge is 0.0970 e. The lowest BCUT2D eigenvalue weighted by atomic mass is 9.63. The molecule has 0 amide bonds. The van der Waals surface area contributed by atoms with Crippen LogP contribution in [0.5, 0.6) is 0 Å². The van der Waals surface area contributed by atoms with Crippen molar-refractivity contribution in [3.8, 4) is 0 Å². The molecule has 16 heavy (non-hydrogen) atoms. The van der Waals surface area contributed by atoms with Crippen LogP contribution < -0.4 is 0 Å². The van der Waals surface area contributed by atoms with Crippen molar-refractivity contribution in [3.63, 3.8) is 0 Å². The molecule has 1 heterocycles. The van der Waals surface area contributed by atoms with Gasteiger partial charge in [0.15, 0.2) is 0 Å². The molecule has 1 aliphatic heterocycles. The molecule has 1 saturated heterocycles. The predicted octanol–water partition coefficient (Wildman–Crippen LogP) is 1.63. The van der Waals surface area contributed by atoms with E-state index in [9.17, 15) is 10.2 Å². The number of aliphatic hydroxyl groups is 2. The maximum atomic E-state index is 9.81. The minimum absolute atomic E-state index is 0.0206. The lowest BCUT2D eigenvalue weighted by molar-refractivity contribution is -0.108. The second-order valence-corrected chi connectivity index (χ2v) is 5.80. The highest BCUT2D eigenvalue weighted by atomic mass is 16.5. The van der Waals surface area contributed by atoms with E-state index in [-0.39, 0.29) is 23.7 Å². The summed E-state index contributed by atoms with van der Waals surface area (Å²) in [5, 5.41) is 19.3. The molecule has 1 spiro atoms. The van der Waals surface area contributed by atoms with Crippen molar-refractivity contribution >= 4 is 0 Å². The zero-order chi connectivity index (χ0) is 12.0. The molecule has 3 nitrogen and oxygen atoms in total. The summed E-state index contributed by atoms with van der Waals surface area (Å²) >= 11 is 0. The number of hydrogen-bond acceptors (Lipinski definition) is 3. The van der Waals surface area contributed by atoms with Crippen molar-refractivity contribution in [1.82, 2.24) is 0 Å². The molecule has 0 saturated carbocycles. The molecule has 3 atom stereocenters. The first-order valence-electron chi connectivity index (χ1n) is 6.09. The molecule has 0 aromatic rings. The van der Waals surface area contributed by atoms with E-state index in [4.69, 9.17) is 4.74 Å². The average Bonchev–Trinajstić information content (AvgIpc) is 2.56. The Kier molecular flexibility index (Phi) is 2.89. The van der Waals surface area contributed by atoms with E-state index in [1.165, 1.54) is 0 Å². The van der Waals surface area contributed by atoms with Crippen LogP contribution >= 0.6 is 0 Å². The van der Waals surface area contributed by atoms with E-state index in [1.807, 2.05) is 0 Å². The van der Waals surface area contributed by atoms with Gasteiger partial charge in [0, 0.05) is 5.41 Å². The highest BCUT2D eigenvalue weighted by Gasteiger charge is 2.54. The minimum Gasteiger partial charge on any atom is -0.392 e. The van der Waals surface area contributed by atoms with E-state index >= 15 is 0 Å². The summed E-state index contributed by atoms with van der Waals surface area (Å²) in [5.41, 5.74) is 0.380. The predicted molar refractivity (Wildman–Crippen MR) is 62.1 cm³/mol. The van der Waals surface area contributed by atoms with Gasteiger partial charge in [-0.25, -0.2) is 0 Å². The maximum Gasteiger partial charge on any atom is 0.0970 e. The Morgan fingerprint density at radius 2 is 2.19 bits per heavy atom. The summed E-state index contributed by atoms with van der Waals surface area (Å²) in [5.74, 6) is 0. The van der Waals surface area contributed by atoms with Crippen molar-refractivity contribution in [2.24, 2.45) is 5.41 Å². The molecule has 0 radical (unpaired) electrons. The third kappa shape index (κ3) is 1.62. The van der Waals surface area contributed by atoms with Gasteiger partial charge in [-0.2, -0.15) is 0 Å². The van der Waals surface area contributed by atoms with Crippen molar-refractivity contribution in [3.05, 3.63) is 11.6 Å². The first kappa shape index (κ1) is 12.1. The second kappa shape index (κ2) is 3.83. The second-order valence-electron chi connectivity index (χ2n) is 5.80. The monoisotopic (exact) mass is 226 g/mol. The summed E-state index contributed by atoms with van der Waals surface area (Å²) in [6.45, 7) is 6.30. The van der Waals surface area contributed by atoms with E-state index in [2.05, 4.69) is 20.8 Å². The summed E-state index contributed by atoms with van der Waals surface area (Å²) in [6.07, 6.45) is 4.23. The highest BCUT2D eigenvalue weighted by molar-refractivity contribution is 5.29. The zero-order valence-electron chi connectivity index (χ0n) is 10.4. The third-order valence-electron chi connectivity index (χ3n) is 4.20. The molecular formula is C13H22O3. The van der Waals surface area contributed by atoms with Gasteiger partial charge in [0.1, 0.15) is 0 Å².